The van der Waals surface area contributed by atoms with Crippen LogP contribution in [0.2, 0.25) is 0 Å². The number of hydrogen-bond donors (Lipinski definition) is 2. The minimum Gasteiger partial charge on any atom is -0.317 e. The number of nitrogens with zero attached hydrogens (tertiary/aromatic N) is 6. The van der Waals surface area contributed by atoms with Crippen molar-refractivity contribution in [2.45, 2.75) is 57.5 Å². The molecule has 1 fully saturated rings. The van der Waals surface area contributed by atoms with E-state index in [0.29, 0.717) is 23.5 Å². The number of rotatable bonds is 7. The predicted molar refractivity (Wildman–Crippen MR) is 165 cm³/mol. The third kappa shape index (κ3) is 4.98. The van der Waals surface area contributed by atoms with Gasteiger partial charge in [-0.05, 0) is 52.4 Å². The van der Waals surface area contributed by atoms with Crippen molar-refractivity contribution < 1.29 is 0 Å². The van der Waals surface area contributed by atoms with Crippen molar-refractivity contribution in [2.75, 3.05) is 0 Å². The van der Waals surface area contributed by atoms with Gasteiger partial charge in [0.15, 0.2) is 17.0 Å². The minimum absolute atomic E-state index is 0.241. The second kappa shape index (κ2) is 11.3. The number of imidazole rings is 1. The van der Waals surface area contributed by atoms with Crippen molar-refractivity contribution in [2.24, 2.45) is 0 Å². The molecule has 10 nitrogen and oxygen atoms in total. The molecule has 1 unspecified atom stereocenters. The van der Waals surface area contributed by atoms with Gasteiger partial charge in [0.25, 0.3) is 5.56 Å². The average molecular weight is 573 g/mol. The van der Waals surface area contributed by atoms with E-state index in [4.69, 9.17) is 4.98 Å². The smallest absolute Gasteiger partial charge is 0.317 e. The lowest BCUT2D eigenvalue weighted by molar-refractivity contribution is 0.420. The van der Waals surface area contributed by atoms with E-state index < -0.39 is 11.7 Å². The van der Waals surface area contributed by atoms with Crippen LogP contribution in [0.25, 0.3) is 33.7 Å². The Kier molecular flexibility index (Phi) is 7.02. The van der Waals surface area contributed by atoms with Crippen LogP contribution in [-0.2, 0) is 6.54 Å². The van der Waals surface area contributed by atoms with Crippen molar-refractivity contribution in [3.05, 3.63) is 117 Å². The monoisotopic (exact) mass is 572 g/mol. The van der Waals surface area contributed by atoms with Gasteiger partial charge in [0.05, 0.1) is 6.04 Å². The van der Waals surface area contributed by atoms with Crippen LogP contribution in [0, 0.1) is 0 Å². The molecule has 0 amide bonds. The van der Waals surface area contributed by atoms with Gasteiger partial charge in [-0.15, -0.1) is 5.10 Å². The second-order valence-corrected chi connectivity index (χ2v) is 11.3. The highest BCUT2D eigenvalue weighted by molar-refractivity contribution is 5.80. The summed E-state index contributed by atoms with van der Waals surface area (Å²) in [4.78, 5) is 35.2. The molecule has 0 radical (unpaired) electrons. The van der Waals surface area contributed by atoms with Crippen LogP contribution in [0.5, 0.6) is 0 Å². The van der Waals surface area contributed by atoms with Crippen LogP contribution in [-0.4, -0.2) is 39.7 Å². The molecule has 3 heterocycles. The molecule has 0 spiro atoms. The van der Waals surface area contributed by atoms with Gasteiger partial charge in [-0.3, -0.25) is 14.3 Å². The number of aromatic nitrogens is 8. The molecule has 6 aromatic rings. The normalized spacial score (nSPS) is 14.7. The maximum Gasteiger partial charge on any atom is 0.330 e. The summed E-state index contributed by atoms with van der Waals surface area (Å²) >= 11 is 0. The van der Waals surface area contributed by atoms with E-state index in [1.54, 1.807) is 0 Å². The van der Waals surface area contributed by atoms with Crippen molar-refractivity contribution in [3.63, 3.8) is 0 Å². The zero-order valence-electron chi connectivity index (χ0n) is 23.9. The van der Waals surface area contributed by atoms with Crippen LogP contribution in [0.15, 0.2) is 88.5 Å². The largest absolute Gasteiger partial charge is 0.330 e. The molecule has 216 valence electrons. The lowest BCUT2D eigenvalue weighted by Gasteiger charge is -2.22. The molecular formula is C33H32N8O2. The summed E-state index contributed by atoms with van der Waals surface area (Å²) in [6, 6.07) is 25.5. The molecular weight excluding hydrogens is 540 g/mol. The predicted octanol–water partition coefficient (Wildman–Crippen LogP) is 5.44. The molecule has 1 saturated carbocycles. The summed E-state index contributed by atoms with van der Waals surface area (Å²) in [5.74, 6) is 1.72. The molecule has 7 rings (SSSR count). The quantitative estimate of drug-likeness (QED) is 0.262. The highest BCUT2D eigenvalue weighted by atomic mass is 16.2. The lowest BCUT2D eigenvalue weighted by Crippen LogP contribution is -2.38. The molecule has 10 heteroatoms. The zero-order valence-corrected chi connectivity index (χ0v) is 23.9. The van der Waals surface area contributed by atoms with E-state index >= 15 is 0 Å². The van der Waals surface area contributed by atoms with E-state index in [1.807, 2.05) is 66.1 Å². The van der Waals surface area contributed by atoms with Crippen molar-refractivity contribution in [3.8, 4) is 22.5 Å². The summed E-state index contributed by atoms with van der Waals surface area (Å²) in [5, 5.41) is 14.4. The zero-order chi connectivity index (χ0) is 29.3. The molecule has 3 aromatic carbocycles. The summed E-state index contributed by atoms with van der Waals surface area (Å²) in [7, 11) is 0. The highest BCUT2D eigenvalue weighted by Crippen LogP contribution is 2.34. The Labute approximate surface area is 247 Å². The molecule has 43 heavy (non-hydrogen) atoms. The van der Waals surface area contributed by atoms with E-state index in [1.165, 1.54) is 11.0 Å². The Hall–Kier alpha value is -5.12. The molecule has 0 saturated heterocycles. The van der Waals surface area contributed by atoms with Crippen LogP contribution >= 0.6 is 0 Å². The van der Waals surface area contributed by atoms with Crippen LogP contribution in [0.3, 0.4) is 0 Å². The second-order valence-electron chi connectivity index (χ2n) is 11.3. The Morgan fingerprint density at radius 1 is 0.884 bits per heavy atom. The van der Waals surface area contributed by atoms with Crippen molar-refractivity contribution in [1.82, 2.24) is 39.7 Å². The molecule has 3 aromatic heterocycles. The molecule has 0 aliphatic heterocycles. The maximum atomic E-state index is 14.1. The van der Waals surface area contributed by atoms with E-state index in [-0.39, 0.29) is 11.5 Å². The number of nitrogens with one attached hydrogen (secondary N) is 2. The van der Waals surface area contributed by atoms with Gasteiger partial charge in [-0.2, -0.15) is 0 Å². The first kappa shape index (κ1) is 26.8. The number of aromatic amines is 2. The van der Waals surface area contributed by atoms with Crippen LogP contribution in [0.4, 0.5) is 0 Å². The fourth-order valence-electron chi connectivity index (χ4n) is 6.39. The number of hydrogen-bond acceptors (Lipinski definition) is 6. The highest BCUT2D eigenvalue weighted by Gasteiger charge is 2.26. The maximum absolute atomic E-state index is 14.1. The Morgan fingerprint density at radius 3 is 2.33 bits per heavy atom. The number of benzene rings is 3. The van der Waals surface area contributed by atoms with Gasteiger partial charge in [-0.25, -0.2) is 14.9 Å². The Bertz CT molecular complexity index is 1980. The third-order valence-corrected chi connectivity index (χ3v) is 8.64. The molecule has 1 atom stereocenters. The average Bonchev–Trinajstić information content (AvgIpc) is 3.71. The van der Waals surface area contributed by atoms with Crippen molar-refractivity contribution in [1.29, 1.82) is 0 Å². The molecule has 1 aliphatic rings. The molecule has 0 bridgehead atoms. The van der Waals surface area contributed by atoms with Crippen LogP contribution < -0.4 is 11.2 Å². The summed E-state index contributed by atoms with van der Waals surface area (Å²) in [6.07, 6.45) is 5.52. The van der Waals surface area contributed by atoms with E-state index in [9.17, 15) is 9.59 Å². The van der Waals surface area contributed by atoms with Gasteiger partial charge >= 0.3 is 5.69 Å². The van der Waals surface area contributed by atoms with Gasteiger partial charge < -0.3 is 4.57 Å². The standard InChI is InChI=1S/C33H32N8O2/c1-21(23-10-4-2-5-11-23)41-32(42)28-30(35-33(41)43)34-31(25-12-6-3-7-13-25)40(28)20-22-16-18-24(19-17-22)26-14-8-9-15-27(26)29-36-38-39-37-29/h2,4-5,8-11,14-19,21,25H,3,6-7,12-13,20H2,1H3,(H,35,43)(H,36,37,38,39). The van der Waals surface area contributed by atoms with Gasteiger partial charge in [0.1, 0.15) is 5.82 Å². The van der Waals surface area contributed by atoms with E-state index in [2.05, 4.69) is 49.9 Å². The number of fused-ring (bicyclic) bond motifs is 1. The van der Waals surface area contributed by atoms with Gasteiger partial charge in [-0.1, -0.05) is 98.1 Å². The lowest BCUT2D eigenvalue weighted by atomic mass is 9.88. The number of tetrazole rings is 1. The van der Waals surface area contributed by atoms with Crippen molar-refractivity contribution >= 4 is 11.2 Å². The summed E-state index contributed by atoms with van der Waals surface area (Å²) in [6.45, 7) is 2.35. The topological polar surface area (TPSA) is 127 Å². The Balaban J connectivity index is 1.31. The fraction of sp³-hybridized carbons (Fsp3) is 0.273. The van der Waals surface area contributed by atoms with E-state index in [0.717, 1.165) is 59.3 Å². The van der Waals surface area contributed by atoms with Gasteiger partial charge in [0, 0.05) is 18.0 Å². The minimum atomic E-state index is -0.446. The molecule has 2 N–H and O–H groups in total. The summed E-state index contributed by atoms with van der Waals surface area (Å²) < 4.78 is 3.36. The van der Waals surface area contributed by atoms with Gasteiger partial charge in [0.2, 0.25) is 0 Å². The third-order valence-electron chi connectivity index (χ3n) is 8.64. The first-order valence-corrected chi connectivity index (χ1v) is 14.8. The summed E-state index contributed by atoms with van der Waals surface area (Å²) in [5.41, 5.74) is 4.92. The SMILES string of the molecule is CC(c1ccccc1)n1c(=O)[nH]c2nc(C3CCCCC3)n(Cc3ccc(-c4ccccc4-c4nnn[nH]4)cc3)c2c1=O. The van der Waals surface area contributed by atoms with Crippen LogP contribution in [0.1, 0.15) is 67.9 Å². The Morgan fingerprint density at radius 2 is 1.60 bits per heavy atom. The first-order valence-electron chi connectivity index (χ1n) is 14.8. The number of H-pyrrole nitrogens is 2. The fourth-order valence-corrected chi connectivity index (χ4v) is 6.39. The first-order chi connectivity index (χ1) is 21.1. The molecule has 1 aliphatic carbocycles.